The van der Waals surface area contributed by atoms with Crippen molar-refractivity contribution in [3.63, 3.8) is 0 Å². The van der Waals surface area contributed by atoms with Crippen LogP contribution in [0.15, 0.2) is 30.6 Å². The molecule has 0 fully saturated rings. The van der Waals surface area contributed by atoms with Crippen LogP contribution in [-0.2, 0) is 0 Å². The molecule has 1 heterocycles. The van der Waals surface area contributed by atoms with Crippen LogP contribution in [0.4, 0.5) is 0 Å². The highest BCUT2D eigenvalue weighted by Crippen LogP contribution is 2.11. The molecular weight excluding hydrogens is 174 g/mol. The van der Waals surface area contributed by atoms with Crippen LogP contribution in [0.1, 0.15) is 0 Å². The molecule has 2 rings (SSSR count). The van der Waals surface area contributed by atoms with Gasteiger partial charge in [-0.2, -0.15) is 0 Å². The molecule has 1 radical (unpaired) electrons. The first-order chi connectivity index (χ1) is 5.86. The molecule has 12 heavy (non-hydrogen) atoms. The van der Waals surface area contributed by atoms with E-state index in [0.29, 0.717) is 5.02 Å². The molecule has 59 valence electrons. The van der Waals surface area contributed by atoms with Crippen molar-refractivity contribution in [1.29, 1.82) is 0 Å². The van der Waals surface area contributed by atoms with Gasteiger partial charge < -0.3 is 0 Å². The van der Waals surface area contributed by atoms with Gasteiger partial charge in [-0.25, -0.2) is 9.67 Å². The lowest BCUT2D eigenvalue weighted by Crippen LogP contribution is -1.92. The number of nitrogens with zero attached hydrogens (tertiary/aromatic N) is 3. The van der Waals surface area contributed by atoms with Gasteiger partial charge in [-0.3, -0.25) is 0 Å². The molecule has 0 unspecified atom stereocenters. The number of aromatic nitrogens is 3. The molecule has 0 aliphatic carbocycles. The fourth-order valence-electron chi connectivity index (χ4n) is 0.899. The molecule has 0 amide bonds. The monoisotopic (exact) mass is 178 g/mol. The van der Waals surface area contributed by atoms with Gasteiger partial charge in [-0.05, 0) is 24.3 Å². The second kappa shape index (κ2) is 2.95. The van der Waals surface area contributed by atoms with Crippen molar-refractivity contribution in [3.8, 4) is 5.69 Å². The first-order valence-corrected chi connectivity index (χ1v) is 3.78. The summed E-state index contributed by atoms with van der Waals surface area (Å²) in [6.45, 7) is 0. The Morgan fingerprint density at radius 2 is 2.00 bits per heavy atom. The van der Waals surface area contributed by atoms with Crippen molar-refractivity contribution in [1.82, 2.24) is 14.8 Å². The van der Waals surface area contributed by atoms with Gasteiger partial charge in [0.2, 0.25) is 6.33 Å². The zero-order chi connectivity index (χ0) is 8.39. The maximum absolute atomic E-state index is 5.72. The molecule has 0 bridgehead atoms. The molecule has 0 atom stereocenters. The second-order valence-corrected chi connectivity index (χ2v) is 2.70. The van der Waals surface area contributed by atoms with Gasteiger partial charge in [0.25, 0.3) is 0 Å². The second-order valence-electron chi connectivity index (χ2n) is 2.27. The highest BCUT2D eigenvalue weighted by molar-refractivity contribution is 6.30. The fraction of sp³-hybridized carbons (Fsp3) is 0. The van der Waals surface area contributed by atoms with E-state index in [9.17, 15) is 0 Å². The van der Waals surface area contributed by atoms with Gasteiger partial charge in [0.15, 0.2) is 0 Å². The quantitative estimate of drug-likeness (QED) is 0.666. The van der Waals surface area contributed by atoms with Crippen molar-refractivity contribution in [2.24, 2.45) is 0 Å². The van der Waals surface area contributed by atoms with E-state index in [0.717, 1.165) is 5.69 Å². The average Bonchev–Trinajstić information content (AvgIpc) is 2.58. The Morgan fingerprint density at radius 1 is 1.25 bits per heavy atom. The Kier molecular flexibility index (Phi) is 1.80. The topological polar surface area (TPSA) is 30.7 Å². The minimum Gasteiger partial charge on any atom is -0.220 e. The Bertz CT molecular complexity index is 352. The maximum Gasteiger partial charge on any atom is 0.221 e. The molecule has 1 aromatic carbocycles. The number of halogens is 1. The summed E-state index contributed by atoms with van der Waals surface area (Å²) < 4.78 is 1.62. The van der Waals surface area contributed by atoms with E-state index in [1.165, 1.54) is 0 Å². The zero-order valence-electron chi connectivity index (χ0n) is 6.11. The van der Waals surface area contributed by atoms with Crippen molar-refractivity contribution in [2.75, 3.05) is 0 Å². The summed E-state index contributed by atoms with van der Waals surface area (Å²) in [5, 5.41) is 4.56. The summed E-state index contributed by atoms with van der Waals surface area (Å²) in [7, 11) is 0. The molecule has 3 nitrogen and oxygen atoms in total. The molecule has 4 heteroatoms. The molecule has 0 saturated carbocycles. The van der Waals surface area contributed by atoms with Gasteiger partial charge in [0, 0.05) is 5.02 Å². The van der Waals surface area contributed by atoms with Crippen LogP contribution < -0.4 is 0 Å². The Morgan fingerprint density at radius 3 is 2.58 bits per heavy atom. The van der Waals surface area contributed by atoms with Crippen LogP contribution in [0, 0.1) is 6.33 Å². The van der Waals surface area contributed by atoms with Crippen LogP contribution >= 0.6 is 11.6 Å². The standard InChI is InChI=1S/C8H5ClN3/c9-7-1-3-8(4-2-7)12-6-10-5-11-12/h1-4,6H. The van der Waals surface area contributed by atoms with E-state index >= 15 is 0 Å². The fourth-order valence-corrected chi connectivity index (χ4v) is 1.02. The van der Waals surface area contributed by atoms with E-state index in [4.69, 9.17) is 11.6 Å². The van der Waals surface area contributed by atoms with Gasteiger partial charge >= 0.3 is 0 Å². The SMILES string of the molecule is Clc1ccc(-n2cn[c]n2)cc1. The lowest BCUT2D eigenvalue weighted by atomic mass is 10.3. The highest BCUT2D eigenvalue weighted by Gasteiger charge is 1.94. The van der Waals surface area contributed by atoms with Gasteiger partial charge in [-0.15, -0.1) is 5.10 Å². The van der Waals surface area contributed by atoms with E-state index < -0.39 is 0 Å². The van der Waals surface area contributed by atoms with Crippen LogP contribution in [-0.4, -0.2) is 14.8 Å². The highest BCUT2D eigenvalue weighted by atomic mass is 35.5. The Balaban J connectivity index is 2.43. The zero-order valence-corrected chi connectivity index (χ0v) is 6.86. The minimum absolute atomic E-state index is 0.711. The summed E-state index contributed by atoms with van der Waals surface area (Å²) in [5.41, 5.74) is 0.924. The van der Waals surface area contributed by atoms with Crippen molar-refractivity contribution < 1.29 is 0 Å². The maximum atomic E-state index is 5.72. The minimum atomic E-state index is 0.711. The van der Waals surface area contributed by atoms with E-state index in [-0.39, 0.29) is 0 Å². The first-order valence-electron chi connectivity index (χ1n) is 3.40. The van der Waals surface area contributed by atoms with Gasteiger partial charge in [0.1, 0.15) is 6.33 Å². The summed E-state index contributed by atoms with van der Waals surface area (Å²) in [5.74, 6) is 0. The van der Waals surface area contributed by atoms with Crippen LogP contribution in [0.3, 0.4) is 0 Å². The van der Waals surface area contributed by atoms with Crippen LogP contribution in [0.2, 0.25) is 5.02 Å². The summed E-state index contributed by atoms with van der Waals surface area (Å²) in [6, 6.07) is 7.34. The molecule has 2 aromatic rings. The molecule has 0 spiro atoms. The molecule has 0 saturated heterocycles. The summed E-state index contributed by atoms with van der Waals surface area (Å²) >= 11 is 5.72. The normalized spacial score (nSPS) is 10.1. The van der Waals surface area contributed by atoms with Gasteiger partial charge in [-0.1, -0.05) is 11.6 Å². The van der Waals surface area contributed by atoms with Crippen molar-refractivity contribution in [3.05, 3.63) is 41.9 Å². The van der Waals surface area contributed by atoms with Crippen molar-refractivity contribution in [2.45, 2.75) is 0 Å². The predicted molar refractivity (Wildman–Crippen MR) is 45.2 cm³/mol. The predicted octanol–water partition coefficient (Wildman–Crippen LogP) is 1.72. The molecular formula is C8H5ClN3. The lowest BCUT2D eigenvalue weighted by molar-refractivity contribution is 0.876. The van der Waals surface area contributed by atoms with Crippen molar-refractivity contribution >= 4 is 11.6 Å². The Hall–Kier alpha value is -1.35. The third kappa shape index (κ3) is 1.31. The number of benzene rings is 1. The van der Waals surface area contributed by atoms with E-state index in [1.54, 1.807) is 23.1 Å². The molecule has 1 aromatic heterocycles. The smallest absolute Gasteiger partial charge is 0.220 e. The average molecular weight is 179 g/mol. The summed E-state index contributed by atoms with van der Waals surface area (Å²) in [4.78, 5) is 3.71. The third-order valence-corrected chi connectivity index (χ3v) is 1.72. The molecule has 0 N–H and O–H groups in total. The number of hydrogen-bond acceptors (Lipinski definition) is 2. The number of rotatable bonds is 1. The molecule has 0 aliphatic rings. The van der Waals surface area contributed by atoms with Crippen LogP contribution in [0.25, 0.3) is 5.69 Å². The lowest BCUT2D eigenvalue weighted by Gasteiger charge is -1.98. The van der Waals surface area contributed by atoms with E-state index in [2.05, 4.69) is 16.4 Å². The third-order valence-electron chi connectivity index (χ3n) is 1.47. The van der Waals surface area contributed by atoms with Gasteiger partial charge in [0.05, 0.1) is 5.69 Å². The first kappa shape index (κ1) is 7.31. The Labute approximate surface area is 74.6 Å². The number of hydrogen-bond donors (Lipinski definition) is 0. The van der Waals surface area contributed by atoms with Crippen LogP contribution in [0.5, 0.6) is 0 Å². The largest absolute Gasteiger partial charge is 0.221 e. The summed E-state index contributed by atoms with van der Waals surface area (Å²) in [6.07, 6.45) is 4.06. The molecule has 0 aliphatic heterocycles. The van der Waals surface area contributed by atoms with E-state index in [1.807, 2.05) is 12.1 Å².